The van der Waals surface area contributed by atoms with Crippen molar-refractivity contribution < 1.29 is 13.2 Å². The highest BCUT2D eigenvalue weighted by molar-refractivity contribution is 7.90. The zero-order valence-corrected chi connectivity index (χ0v) is 19.2. The van der Waals surface area contributed by atoms with Crippen molar-refractivity contribution in [1.82, 2.24) is 14.2 Å². The molecule has 6 nitrogen and oxygen atoms in total. The summed E-state index contributed by atoms with van der Waals surface area (Å²) < 4.78 is 28.3. The molecule has 1 aromatic heterocycles. The van der Waals surface area contributed by atoms with Gasteiger partial charge in [-0.25, -0.2) is 12.4 Å². The monoisotopic (exact) mass is 459 g/mol. The van der Waals surface area contributed by atoms with Gasteiger partial charge >= 0.3 is 0 Å². The Balaban J connectivity index is 1.86. The second kappa shape index (κ2) is 8.65. The van der Waals surface area contributed by atoms with Crippen molar-refractivity contribution >= 4 is 38.4 Å². The molecule has 8 heteroatoms. The van der Waals surface area contributed by atoms with Crippen LogP contribution in [0.5, 0.6) is 0 Å². The molecule has 2 aromatic carbocycles. The zero-order chi connectivity index (χ0) is 22.2. The van der Waals surface area contributed by atoms with Crippen LogP contribution in [0.15, 0.2) is 59.5 Å². The van der Waals surface area contributed by atoms with Gasteiger partial charge in [0.1, 0.15) is 5.69 Å². The van der Waals surface area contributed by atoms with Gasteiger partial charge in [0.15, 0.2) is 0 Å². The molecule has 1 aliphatic carbocycles. The Morgan fingerprint density at radius 3 is 2.52 bits per heavy atom. The minimum Gasteiger partial charge on any atom is -0.336 e. The highest BCUT2D eigenvalue weighted by Crippen LogP contribution is 2.30. The lowest BCUT2D eigenvalue weighted by Crippen LogP contribution is -2.51. The third kappa shape index (κ3) is 3.97. The summed E-state index contributed by atoms with van der Waals surface area (Å²) in [5.41, 5.74) is 0.544. The van der Waals surface area contributed by atoms with Crippen molar-refractivity contribution in [2.75, 3.05) is 14.1 Å². The van der Waals surface area contributed by atoms with E-state index in [1.165, 1.54) is 12.1 Å². The summed E-state index contributed by atoms with van der Waals surface area (Å²) in [5.74, 6) is -0.320. The minimum atomic E-state index is -3.98. The molecule has 1 aliphatic rings. The number of nitrogens with one attached hydrogen (secondary N) is 1. The number of amides is 1. The molecule has 4 rings (SSSR count). The summed E-state index contributed by atoms with van der Waals surface area (Å²) in [5, 5.41) is 4.40. The molecular formula is C23H26ClN3O3S. The van der Waals surface area contributed by atoms with Gasteiger partial charge < -0.3 is 10.2 Å². The molecule has 0 unspecified atom stereocenters. The number of fused-ring (bicyclic) bond motifs is 1. The summed E-state index contributed by atoms with van der Waals surface area (Å²) in [7, 11) is -0.324. The van der Waals surface area contributed by atoms with Crippen molar-refractivity contribution in [3.05, 3.63) is 65.3 Å². The summed E-state index contributed by atoms with van der Waals surface area (Å²) in [6.45, 7) is 0. The number of rotatable bonds is 5. The number of nitrogens with zero attached hydrogens (tertiary/aromatic N) is 2. The highest BCUT2D eigenvalue weighted by Gasteiger charge is 2.34. The van der Waals surface area contributed by atoms with Gasteiger partial charge in [-0.2, -0.15) is 0 Å². The number of aromatic nitrogens is 1. The smallest absolute Gasteiger partial charge is 0.271 e. The Bertz CT molecular complexity index is 1210. The van der Waals surface area contributed by atoms with Crippen LogP contribution in [0, 0.1) is 0 Å². The van der Waals surface area contributed by atoms with E-state index >= 15 is 0 Å². The molecule has 31 heavy (non-hydrogen) atoms. The van der Waals surface area contributed by atoms with Gasteiger partial charge in [-0.1, -0.05) is 42.6 Å². The van der Waals surface area contributed by atoms with Crippen molar-refractivity contribution in [2.24, 2.45) is 0 Å². The minimum absolute atomic E-state index is 0.000676. The Morgan fingerprint density at radius 2 is 1.81 bits per heavy atom. The van der Waals surface area contributed by atoms with E-state index in [0.717, 1.165) is 29.7 Å². The molecule has 0 bridgehead atoms. The van der Waals surface area contributed by atoms with Crippen molar-refractivity contribution in [1.29, 1.82) is 0 Å². The van der Waals surface area contributed by atoms with E-state index in [4.69, 9.17) is 11.6 Å². The first-order valence-electron chi connectivity index (χ1n) is 10.4. The van der Waals surface area contributed by atoms with Crippen LogP contribution in [-0.4, -0.2) is 49.4 Å². The predicted octanol–water partition coefficient (Wildman–Crippen LogP) is 4.13. The Hall–Kier alpha value is -2.35. The van der Waals surface area contributed by atoms with E-state index in [9.17, 15) is 13.2 Å². The number of halogens is 1. The molecule has 1 fully saturated rings. The zero-order valence-electron chi connectivity index (χ0n) is 17.6. The van der Waals surface area contributed by atoms with E-state index < -0.39 is 10.0 Å². The first-order chi connectivity index (χ1) is 14.8. The number of benzene rings is 2. The largest absolute Gasteiger partial charge is 0.336 e. The first-order valence-corrected chi connectivity index (χ1v) is 12.2. The van der Waals surface area contributed by atoms with Gasteiger partial charge in [0.2, 0.25) is 0 Å². The van der Waals surface area contributed by atoms with E-state index in [2.05, 4.69) is 5.32 Å². The molecule has 3 aromatic rings. The number of carbonyl (C=O) groups excluding carboxylic acids is 1. The van der Waals surface area contributed by atoms with Crippen LogP contribution in [0.4, 0.5) is 0 Å². The molecule has 0 spiro atoms. The third-order valence-corrected chi connectivity index (χ3v) is 8.12. The first kappa shape index (κ1) is 21.9. The van der Waals surface area contributed by atoms with E-state index in [1.807, 2.05) is 7.05 Å². The molecule has 0 saturated heterocycles. The van der Waals surface area contributed by atoms with Crippen molar-refractivity contribution in [3.8, 4) is 0 Å². The molecule has 1 amide bonds. The molecule has 1 heterocycles. The SMILES string of the molecule is CN[C@@H]1CCCC[C@@H]1N(C)C(=O)c1cc2cc(Cl)ccc2n1S(=O)(=O)c1ccccc1. The Labute approximate surface area is 187 Å². The second-order valence-corrected chi connectivity index (χ2v) is 10.2. The van der Waals surface area contributed by atoms with Gasteiger partial charge in [0.05, 0.1) is 10.4 Å². The standard InChI is InChI=1S/C23H26ClN3O3S/c1-25-19-10-6-7-11-21(19)26(2)23(28)22-15-16-14-17(24)12-13-20(16)27(22)31(29,30)18-8-4-3-5-9-18/h3-5,8-9,12-15,19,21,25H,6-7,10-11H2,1-2H3/t19-,21+/m1/s1. The molecule has 0 radical (unpaired) electrons. The normalized spacial score (nSPS) is 19.5. The average molecular weight is 460 g/mol. The molecule has 2 atom stereocenters. The number of hydrogen-bond acceptors (Lipinski definition) is 4. The fourth-order valence-electron chi connectivity index (χ4n) is 4.51. The molecule has 0 aliphatic heterocycles. The molecule has 1 saturated carbocycles. The molecule has 1 N–H and O–H groups in total. The number of carbonyl (C=O) groups is 1. The maximum atomic E-state index is 13.6. The topological polar surface area (TPSA) is 71.4 Å². The fraction of sp³-hybridized carbons (Fsp3) is 0.348. The van der Waals surface area contributed by atoms with Crippen LogP contribution in [0.1, 0.15) is 36.2 Å². The van der Waals surface area contributed by atoms with Crippen LogP contribution in [0.3, 0.4) is 0 Å². The predicted molar refractivity (Wildman–Crippen MR) is 123 cm³/mol. The quantitative estimate of drug-likeness (QED) is 0.622. The van der Waals surface area contributed by atoms with E-state index in [-0.39, 0.29) is 28.6 Å². The summed E-state index contributed by atoms with van der Waals surface area (Å²) in [6.07, 6.45) is 4.03. The Kier molecular flexibility index (Phi) is 6.10. The lowest BCUT2D eigenvalue weighted by Gasteiger charge is -2.38. The maximum absolute atomic E-state index is 13.6. The highest BCUT2D eigenvalue weighted by atomic mass is 35.5. The van der Waals surface area contributed by atoms with Crippen LogP contribution in [0.2, 0.25) is 5.02 Å². The van der Waals surface area contributed by atoms with Crippen molar-refractivity contribution in [2.45, 2.75) is 42.7 Å². The molecule has 164 valence electrons. The van der Waals surface area contributed by atoms with Crippen LogP contribution in [-0.2, 0) is 10.0 Å². The van der Waals surface area contributed by atoms with Gasteiger partial charge in [-0.15, -0.1) is 0 Å². The fourth-order valence-corrected chi connectivity index (χ4v) is 6.22. The van der Waals surface area contributed by atoms with Gasteiger partial charge in [0, 0.05) is 29.5 Å². The summed E-state index contributed by atoms with van der Waals surface area (Å²) >= 11 is 6.15. The van der Waals surface area contributed by atoms with Crippen LogP contribution < -0.4 is 5.32 Å². The number of likely N-dealkylation sites (N-methyl/N-ethyl adjacent to an activating group) is 2. The summed E-state index contributed by atoms with van der Waals surface area (Å²) in [4.78, 5) is 15.5. The van der Waals surface area contributed by atoms with Crippen LogP contribution in [0.25, 0.3) is 10.9 Å². The number of hydrogen-bond donors (Lipinski definition) is 1. The average Bonchev–Trinajstić information content (AvgIpc) is 3.18. The van der Waals surface area contributed by atoms with Gasteiger partial charge in [-0.05, 0) is 56.3 Å². The summed E-state index contributed by atoms with van der Waals surface area (Å²) in [6, 6.07) is 14.9. The lowest BCUT2D eigenvalue weighted by molar-refractivity contribution is 0.0648. The van der Waals surface area contributed by atoms with E-state index in [0.29, 0.717) is 15.9 Å². The Morgan fingerprint density at radius 1 is 1.10 bits per heavy atom. The van der Waals surface area contributed by atoms with Gasteiger partial charge in [-0.3, -0.25) is 4.79 Å². The maximum Gasteiger partial charge on any atom is 0.271 e. The van der Waals surface area contributed by atoms with Crippen LogP contribution >= 0.6 is 11.6 Å². The third-order valence-electron chi connectivity index (χ3n) is 6.14. The van der Waals surface area contributed by atoms with E-state index in [1.54, 1.807) is 54.4 Å². The second-order valence-electron chi connectivity index (χ2n) is 7.98. The lowest BCUT2D eigenvalue weighted by atomic mass is 9.89. The van der Waals surface area contributed by atoms with Crippen molar-refractivity contribution in [3.63, 3.8) is 0 Å². The molecular weight excluding hydrogens is 434 g/mol. The van der Waals surface area contributed by atoms with Gasteiger partial charge in [0.25, 0.3) is 15.9 Å².